The summed E-state index contributed by atoms with van der Waals surface area (Å²) in [5.41, 5.74) is 0.898. The second-order valence-corrected chi connectivity index (χ2v) is 3.74. The molecule has 0 fully saturated rings. The molecule has 0 aliphatic rings. The van der Waals surface area contributed by atoms with Gasteiger partial charge in [0.15, 0.2) is 0 Å². The molecule has 0 amide bonds. The summed E-state index contributed by atoms with van der Waals surface area (Å²) < 4.78 is 43.8. The predicted molar refractivity (Wildman–Crippen MR) is 60.2 cm³/mol. The molecule has 0 radical (unpaired) electrons. The maximum absolute atomic E-state index is 12.8. The van der Waals surface area contributed by atoms with Crippen LogP contribution in [0.5, 0.6) is 5.75 Å². The second-order valence-electron chi connectivity index (χ2n) is 3.74. The van der Waals surface area contributed by atoms with Gasteiger partial charge in [-0.15, -0.1) is 0 Å². The molecule has 0 aliphatic heterocycles. The Bertz CT molecular complexity index is 377. The minimum absolute atomic E-state index is 0.127. The van der Waals surface area contributed by atoms with Crippen molar-refractivity contribution >= 4 is 0 Å². The Morgan fingerprint density at radius 2 is 2.00 bits per heavy atom. The average molecular weight is 247 g/mol. The molecule has 2 nitrogen and oxygen atoms in total. The average Bonchev–Trinajstić information content (AvgIpc) is 2.21. The first kappa shape index (κ1) is 13.8. The van der Waals surface area contributed by atoms with Crippen molar-refractivity contribution < 1.29 is 17.9 Å². The van der Waals surface area contributed by atoms with Crippen LogP contribution in [0.3, 0.4) is 0 Å². The Morgan fingerprint density at radius 1 is 1.35 bits per heavy atom. The van der Waals surface area contributed by atoms with Crippen LogP contribution in [-0.4, -0.2) is 19.8 Å². The molecule has 0 saturated carbocycles. The molecule has 0 bridgehead atoms. The third-order valence-electron chi connectivity index (χ3n) is 2.39. The lowest BCUT2D eigenvalue weighted by Crippen LogP contribution is -2.32. The fourth-order valence-electron chi connectivity index (χ4n) is 1.68. The number of hydrogen-bond donors (Lipinski definition) is 1. The van der Waals surface area contributed by atoms with E-state index in [1.165, 1.54) is 13.1 Å². The van der Waals surface area contributed by atoms with Crippen molar-refractivity contribution in [1.82, 2.24) is 5.32 Å². The van der Waals surface area contributed by atoms with Gasteiger partial charge < -0.3 is 10.1 Å². The van der Waals surface area contributed by atoms with Gasteiger partial charge in [-0.2, -0.15) is 13.2 Å². The van der Waals surface area contributed by atoms with Gasteiger partial charge in [-0.3, -0.25) is 0 Å². The molecular weight excluding hydrogens is 231 g/mol. The number of aryl methyl sites for hydroxylation is 1. The van der Waals surface area contributed by atoms with Crippen molar-refractivity contribution in [3.63, 3.8) is 0 Å². The van der Waals surface area contributed by atoms with Crippen LogP contribution in [0, 0.1) is 6.92 Å². The normalized spacial score (nSPS) is 13.5. The highest BCUT2D eigenvalue weighted by Gasteiger charge is 2.41. The Kier molecular flexibility index (Phi) is 4.40. The number of halogens is 3. The molecule has 5 heteroatoms. The van der Waals surface area contributed by atoms with E-state index in [0.717, 1.165) is 5.56 Å². The molecule has 0 aliphatic carbocycles. The van der Waals surface area contributed by atoms with Crippen LogP contribution >= 0.6 is 0 Å². The highest BCUT2D eigenvalue weighted by atomic mass is 19.4. The van der Waals surface area contributed by atoms with E-state index in [1.807, 2.05) is 0 Å². The topological polar surface area (TPSA) is 21.3 Å². The maximum Gasteiger partial charge on any atom is 0.408 e. The fraction of sp³-hybridized carbons (Fsp3) is 0.500. The Hall–Kier alpha value is -1.23. The summed E-state index contributed by atoms with van der Waals surface area (Å²) in [6.45, 7) is 3.83. The summed E-state index contributed by atoms with van der Waals surface area (Å²) >= 11 is 0. The van der Waals surface area contributed by atoms with Crippen molar-refractivity contribution in [2.24, 2.45) is 0 Å². The van der Waals surface area contributed by atoms with Gasteiger partial charge in [0.25, 0.3) is 0 Å². The molecule has 96 valence electrons. The van der Waals surface area contributed by atoms with E-state index in [4.69, 9.17) is 4.74 Å². The summed E-state index contributed by atoms with van der Waals surface area (Å²) in [6, 6.07) is 3.10. The quantitative estimate of drug-likeness (QED) is 0.882. The van der Waals surface area contributed by atoms with E-state index in [0.29, 0.717) is 6.61 Å². The zero-order valence-electron chi connectivity index (χ0n) is 10.1. The minimum atomic E-state index is -4.34. The number of nitrogens with one attached hydrogen (secondary N) is 1. The molecule has 17 heavy (non-hydrogen) atoms. The van der Waals surface area contributed by atoms with Crippen molar-refractivity contribution in [3.05, 3.63) is 29.3 Å². The summed E-state index contributed by atoms with van der Waals surface area (Å²) in [5, 5.41) is 2.28. The van der Waals surface area contributed by atoms with E-state index in [-0.39, 0.29) is 11.3 Å². The van der Waals surface area contributed by atoms with Gasteiger partial charge in [0.1, 0.15) is 11.8 Å². The van der Waals surface area contributed by atoms with Gasteiger partial charge in [0.2, 0.25) is 0 Å². The third-order valence-corrected chi connectivity index (χ3v) is 2.39. The van der Waals surface area contributed by atoms with E-state index in [2.05, 4.69) is 5.32 Å². The van der Waals surface area contributed by atoms with Gasteiger partial charge in [-0.1, -0.05) is 17.7 Å². The molecule has 0 saturated heterocycles. The lowest BCUT2D eigenvalue weighted by molar-refractivity contribution is -0.156. The molecule has 0 heterocycles. The second kappa shape index (κ2) is 5.40. The van der Waals surface area contributed by atoms with Crippen LogP contribution < -0.4 is 10.1 Å². The Morgan fingerprint density at radius 3 is 2.47 bits per heavy atom. The lowest BCUT2D eigenvalue weighted by Gasteiger charge is -2.22. The van der Waals surface area contributed by atoms with E-state index in [1.54, 1.807) is 26.0 Å². The standard InChI is InChI=1S/C12H16F3NO/c1-4-17-10-6-5-8(2)7-9(10)11(16-3)12(13,14)15/h5-7,11,16H,4H2,1-3H3. The van der Waals surface area contributed by atoms with Crippen molar-refractivity contribution in [3.8, 4) is 5.75 Å². The van der Waals surface area contributed by atoms with Gasteiger partial charge in [-0.05, 0) is 27.0 Å². The molecule has 1 atom stereocenters. The van der Waals surface area contributed by atoms with Crippen molar-refractivity contribution in [2.45, 2.75) is 26.1 Å². The van der Waals surface area contributed by atoms with E-state index < -0.39 is 12.2 Å². The zero-order valence-corrected chi connectivity index (χ0v) is 10.1. The number of hydrogen-bond acceptors (Lipinski definition) is 2. The number of alkyl halides is 3. The third kappa shape index (κ3) is 3.36. The number of rotatable bonds is 4. The first-order valence-electron chi connectivity index (χ1n) is 5.37. The van der Waals surface area contributed by atoms with Gasteiger partial charge in [0, 0.05) is 5.56 Å². The van der Waals surface area contributed by atoms with Gasteiger partial charge in [0.05, 0.1) is 6.61 Å². The smallest absolute Gasteiger partial charge is 0.408 e. The number of ether oxygens (including phenoxy) is 1. The summed E-state index contributed by atoms with van der Waals surface area (Å²) in [7, 11) is 1.29. The highest BCUT2D eigenvalue weighted by Crippen LogP contribution is 2.37. The highest BCUT2D eigenvalue weighted by molar-refractivity contribution is 5.39. The summed E-state index contributed by atoms with van der Waals surface area (Å²) in [4.78, 5) is 0. The fourth-order valence-corrected chi connectivity index (χ4v) is 1.68. The predicted octanol–water partition coefficient (Wildman–Crippen LogP) is 3.22. The van der Waals surface area contributed by atoms with Gasteiger partial charge in [-0.25, -0.2) is 0 Å². The SMILES string of the molecule is CCOc1ccc(C)cc1C(NC)C(F)(F)F. The monoisotopic (exact) mass is 247 g/mol. The molecule has 1 aromatic carbocycles. The molecule has 0 spiro atoms. The van der Waals surface area contributed by atoms with Crippen LogP contribution in [0.15, 0.2) is 18.2 Å². The number of benzene rings is 1. The van der Waals surface area contributed by atoms with E-state index >= 15 is 0 Å². The van der Waals surface area contributed by atoms with Gasteiger partial charge >= 0.3 is 6.18 Å². The minimum Gasteiger partial charge on any atom is -0.494 e. The van der Waals surface area contributed by atoms with Crippen LogP contribution in [0.1, 0.15) is 24.1 Å². The molecule has 1 N–H and O–H groups in total. The van der Waals surface area contributed by atoms with Crippen LogP contribution in [0.25, 0.3) is 0 Å². The first-order chi connectivity index (χ1) is 7.90. The molecule has 1 aromatic rings. The van der Waals surface area contributed by atoms with Crippen molar-refractivity contribution in [1.29, 1.82) is 0 Å². The Balaban J connectivity index is 3.20. The summed E-state index contributed by atoms with van der Waals surface area (Å²) in [6.07, 6.45) is -4.34. The molecular formula is C12H16F3NO. The largest absolute Gasteiger partial charge is 0.494 e. The zero-order chi connectivity index (χ0) is 13.1. The molecule has 1 rings (SSSR count). The summed E-state index contributed by atoms with van der Waals surface area (Å²) in [5.74, 6) is 0.273. The molecule has 1 unspecified atom stereocenters. The Labute approximate surface area is 98.8 Å². The van der Waals surface area contributed by atoms with Crippen LogP contribution in [0.2, 0.25) is 0 Å². The maximum atomic E-state index is 12.8. The van der Waals surface area contributed by atoms with E-state index in [9.17, 15) is 13.2 Å². The van der Waals surface area contributed by atoms with Crippen LogP contribution in [0.4, 0.5) is 13.2 Å². The van der Waals surface area contributed by atoms with Crippen LogP contribution in [-0.2, 0) is 0 Å². The van der Waals surface area contributed by atoms with Crippen molar-refractivity contribution in [2.75, 3.05) is 13.7 Å². The lowest BCUT2D eigenvalue weighted by atomic mass is 10.0. The molecule has 0 aromatic heterocycles. The first-order valence-corrected chi connectivity index (χ1v) is 5.37.